The fraction of sp³-hybridized carbons (Fsp3) is 0.409. The van der Waals surface area contributed by atoms with Crippen LogP contribution in [-0.4, -0.2) is 11.6 Å². The van der Waals surface area contributed by atoms with E-state index in [4.69, 9.17) is 4.74 Å². The Balaban J connectivity index is 0.000000300. The standard InChI is InChI=1S/C14H20O2.C8H10/c1-11-5-7-12(8-6-11)9-10-13(15)16-14(2,3)4;1-7-5-3-4-6-8(7)2/h5-8H,9-10H2,1-4H3;3-6H,1-2H3. The van der Waals surface area contributed by atoms with Crippen LogP contribution in [0.2, 0.25) is 0 Å². The SMILES string of the molecule is Cc1ccc(CCC(=O)OC(C)(C)C)cc1.Cc1ccccc1C. The number of aryl methyl sites for hydroxylation is 4. The van der Waals surface area contributed by atoms with Crippen molar-refractivity contribution in [3.63, 3.8) is 0 Å². The third-order valence-corrected chi connectivity index (χ3v) is 3.58. The summed E-state index contributed by atoms with van der Waals surface area (Å²) in [4.78, 5) is 11.5. The molecule has 0 unspecified atom stereocenters. The number of carbonyl (C=O) groups excluding carboxylic acids is 1. The topological polar surface area (TPSA) is 26.3 Å². The summed E-state index contributed by atoms with van der Waals surface area (Å²) >= 11 is 0. The Labute approximate surface area is 146 Å². The molecule has 2 nitrogen and oxygen atoms in total. The molecule has 2 heteroatoms. The molecular weight excluding hydrogens is 296 g/mol. The monoisotopic (exact) mass is 326 g/mol. The Hall–Kier alpha value is -2.09. The van der Waals surface area contributed by atoms with E-state index in [2.05, 4.69) is 69.3 Å². The normalized spacial score (nSPS) is 10.6. The van der Waals surface area contributed by atoms with Crippen molar-refractivity contribution in [2.45, 2.75) is 60.0 Å². The molecule has 0 spiro atoms. The zero-order valence-corrected chi connectivity index (χ0v) is 15.8. The van der Waals surface area contributed by atoms with E-state index in [1.165, 1.54) is 22.3 Å². The minimum Gasteiger partial charge on any atom is -0.460 e. The van der Waals surface area contributed by atoms with Gasteiger partial charge in [0.05, 0.1) is 0 Å². The molecule has 24 heavy (non-hydrogen) atoms. The number of rotatable bonds is 3. The van der Waals surface area contributed by atoms with E-state index in [1.54, 1.807) is 0 Å². The highest BCUT2D eigenvalue weighted by Crippen LogP contribution is 2.11. The fourth-order valence-corrected chi connectivity index (χ4v) is 2.06. The Bertz CT molecular complexity index is 613. The molecule has 0 saturated heterocycles. The van der Waals surface area contributed by atoms with E-state index < -0.39 is 0 Å². The first kappa shape index (κ1) is 20.0. The van der Waals surface area contributed by atoms with Crippen molar-refractivity contribution in [2.75, 3.05) is 0 Å². The van der Waals surface area contributed by atoms with E-state index in [0.717, 1.165) is 6.42 Å². The zero-order chi connectivity index (χ0) is 18.2. The lowest BCUT2D eigenvalue weighted by Crippen LogP contribution is -2.23. The van der Waals surface area contributed by atoms with Crippen LogP contribution in [0.3, 0.4) is 0 Å². The summed E-state index contributed by atoms with van der Waals surface area (Å²) < 4.78 is 5.24. The second kappa shape index (κ2) is 9.27. The van der Waals surface area contributed by atoms with Crippen LogP contribution in [0.25, 0.3) is 0 Å². The third kappa shape index (κ3) is 8.52. The lowest BCUT2D eigenvalue weighted by atomic mass is 10.1. The maximum atomic E-state index is 11.5. The van der Waals surface area contributed by atoms with Crippen LogP contribution >= 0.6 is 0 Å². The minimum atomic E-state index is -0.385. The highest BCUT2D eigenvalue weighted by molar-refractivity contribution is 5.70. The van der Waals surface area contributed by atoms with Gasteiger partial charge in [0, 0.05) is 6.42 Å². The molecule has 2 aromatic carbocycles. The second-order valence-corrected chi connectivity index (χ2v) is 7.16. The number of benzene rings is 2. The molecule has 0 aliphatic heterocycles. The lowest BCUT2D eigenvalue weighted by molar-refractivity contribution is -0.154. The molecule has 2 aromatic rings. The van der Waals surface area contributed by atoms with E-state index in [-0.39, 0.29) is 11.6 Å². The minimum absolute atomic E-state index is 0.131. The Kier molecular flexibility index (Phi) is 7.70. The van der Waals surface area contributed by atoms with E-state index in [9.17, 15) is 4.79 Å². The zero-order valence-electron chi connectivity index (χ0n) is 15.8. The maximum Gasteiger partial charge on any atom is 0.306 e. The molecule has 0 radical (unpaired) electrons. The van der Waals surface area contributed by atoms with Crippen LogP contribution in [0.15, 0.2) is 48.5 Å². The van der Waals surface area contributed by atoms with Crippen LogP contribution in [0, 0.1) is 20.8 Å². The molecule has 0 bridgehead atoms. The number of hydrogen-bond donors (Lipinski definition) is 0. The summed E-state index contributed by atoms with van der Waals surface area (Å²) in [6.07, 6.45) is 1.19. The molecule has 0 heterocycles. The quantitative estimate of drug-likeness (QED) is 0.689. The highest BCUT2D eigenvalue weighted by Gasteiger charge is 2.15. The average molecular weight is 326 g/mol. The molecule has 0 aliphatic carbocycles. The Morgan fingerprint density at radius 1 is 0.875 bits per heavy atom. The number of hydrogen-bond acceptors (Lipinski definition) is 2. The molecule has 0 atom stereocenters. The van der Waals surface area contributed by atoms with Crippen LogP contribution < -0.4 is 0 Å². The predicted molar refractivity (Wildman–Crippen MR) is 101 cm³/mol. The van der Waals surface area contributed by atoms with Gasteiger partial charge in [0.25, 0.3) is 0 Å². The summed E-state index contributed by atoms with van der Waals surface area (Å²) in [6, 6.07) is 16.6. The van der Waals surface area contributed by atoms with Crippen LogP contribution in [0.4, 0.5) is 0 Å². The first-order valence-electron chi connectivity index (χ1n) is 8.47. The average Bonchev–Trinajstić information content (AvgIpc) is 2.49. The molecule has 0 aromatic heterocycles. The van der Waals surface area contributed by atoms with Gasteiger partial charge in [-0.15, -0.1) is 0 Å². The van der Waals surface area contributed by atoms with E-state index in [1.807, 2.05) is 20.8 Å². The lowest BCUT2D eigenvalue weighted by Gasteiger charge is -2.19. The molecule has 2 rings (SSSR count). The maximum absolute atomic E-state index is 11.5. The smallest absolute Gasteiger partial charge is 0.306 e. The summed E-state index contributed by atoms with van der Waals surface area (Å²) in [7, 11) is 0. The summed E-state index contributed by atoms with van der Waals surface area (Å²) in [5.41, 5.74) is 4.77. The van der Waals surface area contributed by atoms with Crippen LogP contribution in [-0.2, 0) is 16.0 Å². The van der Waals surface area contributed by atoms with Crippen molar-refractivity contribution in [1.82, 2.24) is 0 Å². The van der Waals surface area contributed by atoms with Gasteiger partial charge in [-0.2, -0.15) is 0 Å². The summed E-state index contributed by atoms with van der Waals surface area (Å²) in [5, 5.41) is 0. The van der Waals surface area contributed by atoms with Gasteiger partial charge < -0.3 is 4.74 Å². The molecule has 0 aliphatic rings. The van der Waals surface area contributed by atoms with E-state index in [0.29, 0.717) is 6.42 Å². The van der Waals surface area contributed by atoms with Gasteiger partial charge in [0.1, 0.15) is 5.60 Å². The van der Waals surface area contributed by atoms with Gasteiger partial charge in [-0.05, 0) is 64.7 Å². The van der Waals surface area contributed by atoms with Crippen molar-refractivity contribution < 1.29 is 9.53 Å². The second-order valence-electron chi connectivity index (χ2n) is 7.16. The van der Waals surface area contributed by atoms with Gasteiger partial charge in [-0.1, -0.05) is 54.1 Å². The van der Waals surface area contributed by atoms with Gasteiger partial charge in [-0.25, -0.2) is 0 Å². The highest BCUT2D eigenvalue weighted by atomic mass is 16.6. The van der Waals surface area contributed by atoms with Crippen molar-refractivity contribution in [3.05, 3.63) is 70.8 Å². The first-order valence-corrected chi connectivity index (χ1v) is 8.47. The summed E-state index contributed by atoms with van der Waals surface area (Å²) in [6.45, 7) is 12.0. The number of ether oxygens (including phenoxy) is 1. The van der Waals surface area contributed by atoms with Crippen LogP contribution in [0.5, 0.6) is 0 Å². The van der Waals surface area contributed by atoms with Crippen molar-refractivity contribution in [1.29, 1.82) is 0 Å². The molecule has 0 saturated carbocycles. The van der Waals surface area contributed by atoms with Crippen molar-refractivity contribution in [2.24, 2.45) is 0 Å². The molecule has 0 N–H and O–H groups in total. The van der Waals surface area contributed by atoms with E-state index >= 15 is 0 Å². The molecule has 0 fully saturated rings. The van der Waals surface area contributed by atoms with Crippen LogP contribution in [0.1, 0.15) is 49.4 Å². The number of carbonyl (C=O) groups is 1. The first-order chi connectivity index (χ1) is 11.2. The molecule has 0 amide bonds. The Morgan fingerprint density at radius 3 is 1.79 bits per heavy atom. The summed E-state index contributed by atoms with van der Waals surface area (Å²) in [5.74, 6) is -0.131. The van der Waals surface area contributed by atoms with Gasteiger partial charge >= 0.3 is 5.97 Å². The van der Waals surface area contributed by atoms with Gasteiger partial charge in [0.15, 0.2) is 0 Å². The number of esters is 1. The van der Waals surface area contributed by atoms with Gasteiger partial charge in [0.2, 0.25) is 0 Å². The Morgan fingerprint density at radius 2 is 1.38 bits per heavy atom. The van der Waals surface area contributed by atoms with Crippen molar-refractivity contribution >= 4 is 5.97 Å². The third-order valence-electron chi connectivity index (χ3n) is 3.58. The fourth-order valence-electron chi connectivity index (χ4n) is 2.06. The largest absolute Gasteiger partial charge is 0.460 e. The molecular formula is C22H30O2. The van der Waals surface area contributed by atoms with Gasteiger partial charge in [-0.3, -0.25) is 4.79 Å². The van der Waals surface area contributed by atoms with Crippen molar-refractivity contribution in [3.8, 4) is 0 Å². The molecule has 130 valence electrons. The predicted octanol–water partition coefficient (Wildman–Crippen LogP) is 5.57.